The second-order valence-corrected chi connectivity index (χ2v) is 5.97. The zero-order valence-electron chi connectivity index (χ0n) is 12.4. The highest BCUT2D eigenvalue weighted by atomic mass is 19.1. The van der Waals surface area contributed by atoms with E-state index < -0.39 is 22.6 Å². The molecule has 0 bridgehead atoms. The van der Waals surface area contributed by atoms with Crippen LogP contribution in [0.2, 0.25) is 0 Å². The summed E-state index contributed by atoms with van der Waals surface area (Å²) in [6, 6.07) is 5.32. The Morgan fingerprint density at radius 2 is 2.17 bits per heavy atom. The van der Waals surface area contributed by atoms with Crippen molar-refractivity contribution in [3.05, 3.63) is 52.2 Å². The molecule has 0 saturated heterocycles. The maximum atomic E-state index is 14.0. The molecule has 1 aliphatic carbocycles. The Morgan fingerprint density at radius 3 is 2.83 bits per heavy atom. The largest absolute Gasteiger partial charge is 0.310 e. The van der Waals surface area contributed by atoms with E-state index >= 15 is 0 Å². The molecule has 1 N–H and O–H groups in total. The van der Waals surface area contributed by atoms with E-state index in [4.69, 9.17) is 0 Å². The lowest BCUT2D eigenvalue weighted by atomic mass is 10.0. The van der Waals surface area contributed by atoms with E-state index in [-0.39, 0.29) is 16.7 Å². The van der Waals surface area contributed by atoms with Gasteiger partial charge in [-0.1, -0.05) is 0 Å². The minimum absolute atomic E-state index is 0.00290. The number of benzene rings is 1. The lowest BCUT2D eigenvalue weighted by molar-refractivity contribution is 0.574. The van der Waals surface area contributed by atoms with Gasteiger partial charge in [0.15, 0.2) is 11.5 Å². The van der Waals surface area contributed by atoms with Gasteiger partial charge in [0.1, 0.15) is 22.7 Å². The quantitative estimate of drug-likeness (QED) is 0.799. The average Bonchev–Trinajstić information content (AvgIpc) is 3.18. The monoisotopic (exact) mass is 327 g/mol. The first-order valence-corrected chi connectivity index (χ1v) is 7.35. The zero-order valence-corrected chi connectivity index (χ0v) is 12.4. The number of aromatic nitrogens is 4. The van der Waals surface area contributed by atoms with Gasteiger partial charge in [-0.15, -0.1) is 0 Å². The number of nitrogens with zero attached hydrogens (tertiary/aromatic N) is 4. The second-order valence-electron chi connectivity index (χ2n) is 5.97. The van der Waals surface area contributed by atoms with E-state index in [0.29, 0.717) is 12.2 Å². The molecular formula is C16H11F2N5O. The summed E-state index contributed by atoms with van der Waals surface area (Å²) in [5, 5.41) is 13.4. The molecule has 1 fully saturated rings. The van der Waals surface area contributed by atoms with Crippen LogP contribution in [0, 0.1) is 28.4 Å². The maximum Gasteiger partial charge on any atom is 0.262 e. The van der Waals surface area contributed by atoms with Crippen molar-refractivity contribution in [3.8, 4) is 11.8 Å². The number of fused-ring (bicyclic) bond motifs is 1. The van der Waals surface area contributed by atoms with E-state index in [1.54, 1.807) is 0 Å². The van der Waals surface area contributed by atoms with Gasteiger partial charge in [-0.25, -0.2) is 18.4 Å². The fourth-order valence-corrected chi connectivity index (χ4v) is 2.68. The molecule has 2 aromatic heterocycles. The molecular weight excluding hydrogens is 316 g/mol. The minimum atomic E-state index is -0.806. The van der Waals surface area contributed by atoms with Gasteiger partial charge in [0.2, 0.25) is 0 Å². The third kappa shape index (κ3) is 2.25. The maximum absolute atomic E-state index is 14.0. The molecule has 1 aliphatic rings. The normalized spacial score (nSPS) is 15.4. The Kier molecular flexibility index (Phi) is 3.00. The second kappa shape index (κ2) is 4.96. The van der Waals surface area contributed by atoms with Gasteiger partial charge in [-0.05, 0) is 25.0 Å². The Hall–Kier alpha value is -3.08. The van der Waals surface area contributed by atoms with E-state index in [1.165, 1.54) is 12.3 Å². The van der Waals surface area contributed by atoms with Gasteiger partial charge >= 0.3 is 0 Å². The van der Waals surface area contributed by atoms with Crippen molar-refractivity contribution in [3.63, 3.8) is 0 Å². The first kappa shape index (κ1) is 14.5. The molecule has 3 aromatic rings. The molecule has 0 aliphatic heterocycles. The molecule has 8 heteroatoms. The van der Waals surface area contributed by atoms with Crippen LogP contribution in [-0.4, -0.2) is 19.7 Å². The molecule has 4 rings (SSSR count). The number of nitriles is 1. The van der Waals surface area contributed by atoms with Crippen LogP contribution in [0.5, 0.6) is 0 Å². The molecule has 6 nitrogen and oxygen atoms in total. The third-order valence-corrected chi connectivity index (χ3v) is 4.22. The lowest BCUT2D eigenvalue weighted by Gasteiger charge is -2.07. The fraction of sp³-hybridized carbons (Fsp3) is 0.250. The molecule has 120 valence electrons. The number of H-pyrrole nitrogens is 1. The fourth-order valence-electron chi connectivity index (χ4n) is 2.68. The molecule has 24 heavy (non-hydrogen) atoms. The Balaban J connectivity index is 1.87. The summed E-state index contributed by atoms with van der Waals surface area (Å²) in [7, 11) is 0. The first-order valence-electron chi connectivity index (χ1n) is 7.35. The van der Waals surface area contributed by atoms with Crippen LogP contribution in [0.25, 0.3) is 16.7 Å². The minimum Gasteiger partial charge on any atom is -0.310 e. The standard InChI is InChI=1S/C16H11F2N5O/c17-9-1-2-12(11(18)5-9)23-14-10(7-20-23)15(24)22-13(21-14)6-16(8-19)3-4-16/h1-2,5,7H,3-4,6H2,(H,21,22,24). The summed E-state index contributed by atoms with van der Waals surface area (Å²) < 4.78 is 28.3. The number of hydrogen-bond acceptors (Lipinski definition) is 4. The summed E-state index contributed by atoms with van der Waals surface area (Å²) in [5.41, 5.74) is -0.711. The molecule has 0 unspecified atom stereocenters. The molecule has 0 spiro atoms. The summed E-state index contributed by atoms with van der Waals surface area (Å²) in [4.78, 5) is 19.2. The first-order chi connectivity index (χ1) is 11.5. The molecule has 0 radical (unpaired) electrons. The van der Waals surface area contributed by atoms with E-state index in [2.05, 4.69) is 21.1 Å². The van der Waals surface area contributed by atoms with Crippen molar-refractivity contribution in [2.45, 2.75) is 19.3 Å². The van der Waals surface area contributed by atoms with E-state index in [9.17, 15) is 18.8 Å². The zero-order chi connectivity index (χ0) is 16.9. The summed E-state index contributed by atoms with van der Waals surface area (Å²) in [6.45, 7) is 0. The molecule has 2 heterocycles. The van der Waals surface area contributed by atoms with Crippen LogP contribution < -0.4 is 5.56 Å². The van der Waals surface area contributed by atoms with Crippen LogP contribution >= 0.6 is 0 Å². The van der Waals surface area contributed by atoms with Gasteiger partial charge in [0, 0.05) is 12.5 Å². The molecule has 1 saturated carbocycles. The number of nitrogens with one attached hydrogen (secondary N) is 1. The number of halogens is 2. The van der Waals surface area contributed by atoms with Crippen LogP contribution in [0.4, 0.5) is 8.78 Å². The van der Waals surface area contributed by atoms with Gasteiger partial charge < -0.3 is 4.98 Å². The average molecular weight is 327 g/mol. The highest BCUT2D eigenvalue weighted by molar-refractivity contribution is 5.75. The SMILES string of the molecule is N#CC1(Cc2nc3c(cnn3-c3ccc(F)cc3F)c(=O)[nH]2)CC1. The highest BCUT2D eigenvalue weighted by Crippen LogP contribution is 2.47. The Morgan fingerprint density at radius 1 is 1.38 bits per heavy atom. The topological polar surface area (TPSA) is 87.4 Å². The van der Waals surface area contributed by atoms with Crippen LogP contribution in [0.3, 0.4) is 0 Å². The van der Waals surface area contributed by atoms with Crippen molar-refractivity contribution in [1.29, 1.82) is 5.26 Å². The Bertz CT molecular complexity index is 1060. The lowest BCUT2D eigenvalue weighted by Crippen LogP contribution is -2.15. The van der Waals surface area contributed by atoms with E-state index in [0.717, 1.165) is 29.7 Å². The van der Waals surface area contributed by atoms with Gasteiger partial charge in [-0.3, -0.25) is 4.79 Å². The molecule has 0 amide bonds. The van der Waals surface area contributed by atoms with Crippen LogP contribution in [0.15, 0.2) is 29.2 Å². The smallest absolute Gasteiger partial charge is 0.262 e. The molecule has 0 atom stereocenters. The predicted octanol–water partition coefficient (Wildman–Crippen LogP) is 2.23. The van der Waals surface area contributed by atoms with Gasteiger partial charge in [-0.2, -0.15) is 10.4 Å². The van der Waals surface area contributed by atoms with Crippen molar-refractivity contribution in [2.24, 2.45) is 5.41 Å². The number of rotatable bonds is 3. The number of aromatic amines is 1. The summed E-state index contributed by atoms with van der Waals surface area (Å²) in [6.07, 6.45) is 3.13. The van der Waals surface area contributed by atoms with Crippen molar-refractivity contribution in [2.75, 3.05) is 0 Å². The highest BCUT2D eigenvalue weighted by Gasteiger charge is 2.43. The third-order valence-electron chi connectivity index (χ3n) is 4.22. The van der Waals surface area contributed by atoms with Gasteiger partial charge in [0.05, 0.1) is 17.7 Å². The van der Waals surface area contributed by atoms with Crippen LogP contribution in [0.1, 0.15) is 18.7 Å². The van der Waals surface area contributed by atoms with Crippen LogP contribution in [-0.2, 0) is 6.42 Å². The van der Waals surface area contributed by atoms with Crippen molar-refractivity contribution >= 4 is 11.0 Å². The number of hydrogen-bond donors (Lipinski definition) is 1. The van der Waals surface area contributed by atoms with Crippen molar-refractivity contribution < 1.29 is 8.78 Å². The Labute approximate surface area is 134 Å². The van der Waals surface area contributed by atoms with E-state index in [1.807, 2.05) is 0 Å². The molecule has 1 aromatic carbocycles. The van der Waals surface area contributed by atoms with Gasteiger partial charge in [0.25, 0.3) is 5.56 Å². The van der Waals surface area contributed by atoms with Crippen molar-refractivity contribution in [1.82, 2.24) is 19.7 Å². The summed E-state index contributed by atoms with van der Waals surface area (Å²) >= 11 is 0. The summed E-state index contributed by atoms with van der Waals surface area (Å²) in [5.74, 6) is -1.15. The predicted molar refractivity (Wildman–Crippen MR) is 80.4 cm³/mol.